The van der Waals surface area contributed by atoms with Crippen molar-refractivity contribution < 1.29 is 22.0 Å². The molecule has 0 aromatic rings. The molecule has 0 radical (unpaired) electrons. The monoisotopic (exact) mass is 1990 g/mol. The fourth-order valence-corrected chi connectivity index (χ4v) is 36.2. The quantitative estimate of drug-likeness (QED) is 0.135. The van der Waals surface area contributed by atoms with Crippen LogP contribution < -0.4 is 0 Å². The third-order valence-electron chi connectivity index (χ3n) is 51.8. The Balaban J connectivity index is 0.000000142. The normalized spacial score (nSPS) is 42.0. The van der Waals surface area contributed by atoms with Gasteiger partial charge in [-0.15, -0.1) is 0 Å². The van der Waals surface area contributed by atoms with Gasteiger partial charge in [0.1, 0.15) is 28.3 Å². The number of rotatable bonds is 0. The highest BCUT2D eigenvalue weighted by Crippen LogP contribution is 2.73. The SMILES string of the molecule is CC1=C(C)C2(C(C)(C)C)CCC1(C(C)(C)C)CC2.CC1=C(C)C2(C(C)(C)C)CCC1(C)CC2.CC1=C(C)C2(C(C)(C)C)CCC1(F)CC2.CC1=C(C)C2(C(C)(C)C)CCC1CC2.CC1=C(C)C2(C)CCC1(C)CC2.CC1=C(C)C2(C)CCC1CC2.CC1=C(C)C2(F)CCC1(C)CC2.CC1=C(C)C2(F)CCC1(F)CC2.CC1=C(C)C2(F)CCC1CC2.CC1=C(C)C2CCC1CC2.[C-]#[N+]C12CCC(C#N)(CC1)C(C)=C2C. The van der Waals surface area contributed by atoms with Gasteiger partial charge < -0.3 is 4.85 Å². The van der Waals surface area contributed by atoms with Crippen molar-refractivity contribution in [1.82, 2.24) is 0 Å². The Morgan fingerprint density at radius 1 is 0.208 bits per heavy atom. The van der Waals surface area contributed by atoms with E-state index in [1.165, 1.54) is 182 Å². The number of fused-ring (bicyclic) bond motifs is 22. The fraction of sp³-hybridized carbons (Fsp3) is 0.825. The lowest BCUT2D eigenvalue weighted by Crippen LogP contribution is -2.53. The zero-order valence-corrected chi connectivity index (χ0v) is 102. The van der Waals surface area contributed by atoms with Gasteiger partial charge in [-0.25, -0.2) is 28.5 Å². The third kappa shape index (κ3) is 20.2. The molecule has 7 heteroatoms. The van der Waals surface area contributed by atoms with Crippen LogP contribution in [0.4, 0.5) is 22.0 Å². The molecule has 0 saturated heterocycles. The first-order valence-corrected chi connectivity index (χ1v) is 59.7. The Labute approximate surface area is 885 Å². The van der Waals surface area contributed by atoms with E-state index in [-0.39, 0.29) is 21.8 Å². The summed E-state index contributed by atoms with van der Waals surface area (Å²) in [6, 6.07) is 2.47. The second-order valence-corrected chi connectivity index (χ2v) is 60.5. The lowest BCUT2D eigenvalue weighted by Gasteiger charge is -2.63. The summed E-state index contributed by atoms with van der Waals surface area (Å²) in [5.41, 5.74) is 32.6. The van der Waals surface area contributed by atoms with E-state index in [9.17, 15) is 27.2 Å². The molecule has 11 saturated carbocycles. The van der Waals surface area contributed by atoms with Crippen molar-refractivity contribution in [2.45, 2.75) is 607 Å². The van der Waals surface area contributed by atoms with Crippen LogP contribution >= 0.6 is 0 Å². The molecule has 812 valence electrons. The molecule has 33 rings (SSSR count). The predicted molar refractivity (Wildman–Crippen MR) is 609 cm³/mol. The average molecular weight is 1990 g/mol. The molecule has 0 unspecified atom stereocenters. The molecule has 33 aliphatic carbocycles. The van der Waals surface area contributed by atoms with Gasteiger partial charge in [0.15, 0.2) is 0 Å². The Morgan fingerprint density at radius 2 is 0.410 bits per heavy atom. The van der Waals surface area contributed by atoms with Crippen molar-refractivity contribution in [2.24, 2.45) is 116 Å². The summed E-state index contributed by atoms with van der Waals surface area (Å²) in [7, 11) is 0. The molecule has 0 aliphatic heterocycles. The van der Waals surface area contributed by atoms with Crippen LogP contribution in [0.2, 0.25) is 0 Å². The molecule has 2 nitrogen and oxygen atoms in total. The van der Waals surface area contributed by atoms with Gasteiger partial charge >= 0.3 is 0 Å². The molecule has 0 N–H and O–H groups in total. The topological polar surface area (TPSA) is 28.1 Å². The predicted octanol–water partition coefficient (Wildman–Crippen LogP) is 44.0. The summed E-state index contributed by atoms with van der Waals surface area (Å²) < 4.78 is 70.4. The van der Waals surface area contributed by atoms with Gasteiger partial charge in [-0.2, -0.15) is 5.26 Å². The first-order valence-electron chi connectivity index (χ1n) is 59.7. The summed E-state index contributed by atoms with van der Waals surface area (Å²) in [4.78, 5) is 3.81. The van der Waals surface area contributed by atoms with Gasteiger partial charge in [-0.3, -0.25) is 0 Å². The number of halogens is 5. The largest absolute Gasteiger partial charge is 0.306 e. The fourth-order valence-electron chi connectivity index (χ4n) is 36.2. The number of allylic oxidation sites excluding steroid dienone is 21. The van der Waals surface area contributed by atoms with E-state index in [2.05, 4.69) is 253 Å². The molecule has 144 heavy (non-hydrogen) atoms. The molecular formula is C137H219F5N2. The van der Waals surface area contributed by atoms with E-state index >= 15 is 0 Å². The molecule has 0 amide bonds. The van der Waals surface area contributed by atoms with Gasteiger partial charge in [-0.05, 0) is 566 Å². The maximum absolute atomic E-state index is 14.5. The summed E-state index contributed by atoms with van der Waals surface area (Å²) in [5, 5.41) is 9.25. The summed E-state index contributed by atoms with van der Waals surface area (Å²) in [5.74, 6) is 4.55. The summed E-state index contributed by atoms with van der Waals surface area (Å²) in [6.07, 6.45) is 50.4. The molecule has 0 aromatic heterocycles. The number of nitriles is 1. The molecule has 33 aliphatic rings. The highest BCUT2D eigenvalue weighted by atomic mass is 19.2. The van der Waals surface area contributed by atoms with Crippen LogP contribution in [0, 0.1) is 134 Å². The number of hydrogen-bond acceptors (Lipinski definition) is 1. The Kier molecular flexibility index (Phi) is 33.4. The van der Waals surface area contributed by atoms with E-state index < -0.39 is 28.3 Å². The Hall–Kier alpha value is -4.23. The average Bonchev–Trinajstić information content (AvgIpc) is 0.682. The van der Waals surface area contributed by atoms with Crippen molar-refractivity contribution in [3.8, 4) is 6.07 Å². The number of hydrogen-bond donors (Lipinski definition) is 0. The van der Waals surface area contributed by atoms with E-state index in [1.807, 2.05) is 34.6 Å². The number of nitrogens with zero attached hydrogens (tertiary/aromatic N) is 2. The van der Waals surface area contributed by atoms with Crippen molar-refractivity contribution in [3.05, 3.63) is 134 Å². The molecule has 0 atom stereocenters. The van der Waals surface area contributed by atoms with Crippen LogP contribution in [-0.2, 0) is 0 Å². The molecule has 0 spiro atoms. The van der Waals surface area contributed by atoms with Gasteiger partial charge in [0.05, 0.1) is 11.5 Å². The molecule has 22 bridgehead atoms. The zero-order chi connectivity index (χ0) is 108. The molecule has 0 aromatic carbocycles. The standard InChI is InChI=1S/C18H32.C15H26.C14H23F.C14H24.C12H14N2.C12H20.C11H17F.C11H18.C10H14F2.C10H15F.C10H16/c1-13-14(2)18(16(6,7)8)11-9-17(13,10-12-18)15(3,4)5;1-11-12(2)15(13(3,4)5)9-7-14(11,6)8-10-15;1-10-11(2)14(15)8-6-13(10,7-9-14)12(3,4)5;1-10-11(2)14(13(3,4)5)8-6-12(10)7-9-14;1-9-10(2)12(14-3)6-4-11(9,8-13)5-7-12;1-9-10(2)12(4)7-5-11(9,3)6-8-12;1-8-9(2)11(12)6-4-10(8,3)5-7-11;1-8-9(2)11(3)6-4-10(8)5-7-11;1-7-8(2)10(12)5-3-9(7,11)4-6-10;1-7-8(2)10(11)5-3-9(7)4-6-10;1-7-8(2)10-5-3-9(7)4-6-10/h9-12H2,1-8H3;7-10H2,1-6H3;6-9H2,1-5H3;12H,6-9H2,1-5H3;4-7H2,1-2H3;5-8H2,1-4H3;4-7H2,1-3H3;10H,4-7H2,1-3H3;3-6H2,1-2H3;9H,3-6H2,1-2H3;9-10H,3-6H2,1-2H3. The van der Waals surface area contributed by atoms with Gasteiger partial charge in [-0.1, -0.05) is 222 Å². The van der Waals surface area contributed by atoms with Gasteiger partial charge in [0.2, 0.25) is 0 Å². The molecule has 11 fully saturated rings. The minimum Gasteiger partial charge on any atom is -0.306 e. The minimum atomic E-state index is -1.17. The van der Waals surface area contributed by atoms with E-state index in [0.717, 1.165) is 143 Å². The van der Waals surface area contributed by atoms with E-state index in [4.69, 9.17) is 6.57 Å². The second-order valence-electron chi connectivity index (χ2n) is 60.5. The van der Waals surface area contributed by atoms with Crippen LogP contribution in [0.15, 0.2) is 123 Å². The maximum Gasteiger partial charge on any atom is 0.253 e. The van der Waals surface area contributed by atoms with Gasteiger partial charge in [0.25, 0.3) is 5.54 Å². The van der Waals surface area contributed by atoms with Crippen molar-refractivity contribution in [1.29, 1.82) is 5.26 Å². The third-order valence-corrected chi connectivity index (χ3v) is 51.8. The number of alkyl halides is 5. The second kappa shape index (κ2) is 40.6. The first-order chi connectivity index (χ1) is 65.9. The van der Waals surface area contributed by atoms with Crippen molar-refractivity contribution in [3.63, 3.8) is 0 Å². The minimum absolute atomic E-state index is 0.226. The Morgan fingerprint density at radius 3 is 0.681 bits per heavy atom. The lowest BCUT2D eigenvalue weighted by molar-refractivity contribution is -0.0398. The van der Waals surface area contributed by atoms with E-state index in [1.54, 1.807) is 80.7 Å². The maximum atomic E-state index is 14.5. The molecule has 0 heterocycles. The first kappa shape index (κ1) is 118. The lowest BCUT2D eigenvalue weighted by atomic mass is 9.41. The highest BCUT2D eigenvalue weighted by Gasteiger charge is 2.63. The molecular weight excluding hydrogens is 1770 g/mol. The van der Waals surface area contributed by atoms with Crippen molar-refractivity contribution in [2.75, 3.05) is 0 Å². The van der Waals surface area contributed by atoms with Crippen LogP contribution in [0.5, 0.6) is 0 Å². The van der Waals surface area contributed by atoms with Crippen LogP contribution in [0.3, 0.4) is 0 Å². The van der Waals surface area contributed by atoms with Gasteiger partial charge in [0, 0.05) is 18.4 Å². The smallest absolute Gasteiger partial charge is 0.253 e. The van der Waals surface area contributed by atoms with E-state index in [0.29, 0.717) is 113 Å². The zero-order valence-electron chi connectivity index (χ0n) is 102. The Bertz CT molecular complexity index is 4760. The highest BCUT2D eigenvalue weighted by molar-refractivity contribution is 5.45. The summed E-state index contributed by atoms with van der Waals surface area (Å²) in [6.45, 7) is 104. The summed E-state index contributed by atoms with van der Waals surface area (Å²) >= 11 is 0. The van der Waals surface area contributed by atoms with Crippen LogP contribution in [0.25, 0.3) is 4.85 Å². The van der Waals surface area contributed by atoms with Crippen LogP contribution in [0.1, 0.15) is 573 Å². The van der Waals surface area contributed by atoms with Crippen molar-refractivity contribution >= 4 is 0 Å². The van der Waals surface area contributed by atoms with Crippen LogP contribution in [-0.4, -0.2) is 33.9 Å².